The molecule has 0 aliphatic carbocycles. The molecule has 1 aliphatic heterocycles. The molecule has 2 aromatic carbocycles. The molecule has 41 heavy (non-hydrogen) atoms. The SMILES string of the molecule is COc1nc(-c2cccc(-c3cccc(-c4cnc(CCC[C@@H]5CCC(=O)N5)c(OC)n4)c3Cl)c2Cl)cnc1CN. The van der Waals surface area contributed by atoms with Gasteiger partial charge in [-0.3, -0.25) is 14.8 Å². The number of nitrogens with one attached hydrogen (secondary N) is 1. The first-order chi connectivity index (χ1) is 19.9. The average Bonchev–Trinajstić information content (AvgIpc) is 3.42. The van der Waals surface area contributed by atoms with E-state index in [-0.39, 0.29) is 18.5 Å². The summed E-state index contributed by atoms with van der Waals surface area (Å²) in [5, 5.41) is 3.96. The molecule has 9 nitrogen and oxygen atoms in total. The van der Waals surface area contributed by atoms with Crippen LogP contribution >= 0.6 is 23.2 Å². The molecule has 1 aliphatic rings. The zero-order valence-corrected chi connectivity index (χ0v) is 24.3. The van der Waals surface area contributed by atoms with Gasteiger partial charge in [0.25, 0.3) is 0 Å². The van der Waals surface area contributed by atoms with Crippen molar-refractivity contribution in [2.45, 2.75) is 44.7 Å². The highest BCUT2D eigenvalue weighted by atomic mass is 35.5. The number of carbonyl (C=O) groups is 1. The number of hydrogen-bond acceptors (Lipinski definition) is 8. The van der Waals surface area contributed by atoms with Gasteiger partial charge >= 0.3 is 0 Å². The highest BCUT2D eigenvalue weighted by Crippen LogP contribution is 2.42. The number of nitrogens with two attached hydrogens (primary N) is 1. The molecule has 212 valence electrons. The van der Waals surface area contributed by atoms with Crippen molar-refractivity contribution in [3.8, 4) is 45.4 Å². The molecule has 11 heteroatoms. The normalized spacial score (nSPS) is 14.7. The van der Waals surface area contributed by atoms with E-state index in [9.17, 15) is 4.79 Å². The number of aryl methyl sites for hydroxylation is 1. The molecule has 0 radical (unpaired) electrons. The van der Waals surface area contributed by atoms with Crippen LogP contribution in [0.15, 0.2) is 48.8 Å². The first kappa shape index (κ1) is 28.7. The third-order valence-corrected chi connectivity index (χ3v) is 7.91. The van der Waals surface area contributed by atoms with E-state index in [4.69, 9.17) is 43.4 Å². The van der Waals surface area contributed by atoms with Gasteiger partial charge in [0, 0.05) is 41.3 Å². The Morgan fingerprint density at radius 3 is 1.93 bits per heavy atom. The van der Waals surface area contributed by atoms with E-state index in [0.29, 0.717) is 62.9 Å². The highest BCUT2D eigenvalue weighted by Gasteiger charge is 2.21. The minimum Gasteiger partial charge on any atom is -0.480 e. The molecule has 0 spiro atoms. The second-order valence-electron chi connectivity index (χ2n) is 9.66. The van der Waals surface area contributed by atoms with E-state index in [1.807, 2.05) is 36.4 Å². The summed E-state index contributed by atoms with van der Waals surface area (Å²) < 4.78 is 10.9. The van der Waals surface area contributed by atoms with Crippen LogP contribution in [0.5, 0.6) is 11.8 Å². The van der Waals surface area contributed by atoms with Gasteiger partial charge in [0.15, 0.2) is 0 Å². The molecule has 3 N–H and O–H groups in total. The topological polar surface area (TPSA) is 125 Å². The molecule has 1 atom stereocenters. The van der Waals surface area contributed by atoms with E-state index in [1.165, 1.54) is 7.11 Å². The molecule has 1 amide bonds. The summed E-state index contributed by atoms with van der Waals surface area (Å²) in [6.07, 6.45) is 7.26. The summed E-state index contributed by atoms with van der Waals surface area (Å²) in [6, 6.07) is 11.6. The van der Waals surface area contributed by atoms with Crippen molar-refractivity contribution >= 4 is 29.1 Å². The molecule has 0 unspecified atom stereocenters. The van der Waals surface area contributed by atoms with Gasteiger partial charge in [0.2, 0.25) is 17.7 Å². The Hall–Kier alpha value is -3.79. The highest BCUT2D eigenvalue weighted by molar-refractivity contribution is 6.39. The smallest absolute Gasteiger partial charge is 0.237 e. The first-order valence-corrected chi connectivity index (χ1v) is 14.1. The van der Waals surface area contributed by atoms with E-state index >= 15 is 0 Å². The molecular formula is C30H30Cl2N6O3. The Morgan fingerprint density at radius 2 is 1.41 bits per heavy atom. The lowest BCUT2D eigenvalue weighted by Gasteiger charge is -2.15. The maximum Gasteiger partial charge on any atom is 0.237 e. The van der Waals surface area contributed by atoms with Crippen molar-refractivity contribution in [3.63, 3.8) is 0 Å². The monoisotopic (exact) mass is 592 g/mol. The number of nitrogens with zero attached hydrogens (tertiary/aromatic N) is 4. The minimum absolute atomic E-state index is 0.124. The largest absolute Gasteiger partial charge is 0.480 e. The fraction of sp³-hybridized carbons (Fsp3) is 0.300. The van der Waals surface area contributed by atoms with Crippen LogP contribution in [0.2, 0.25) is 10.0 Å². The van der Waals surface area contributed by atoms with Crippen molar-refractivity contribution in [1.29, 1.82) is 0 Å². The molecule has 1 saturated heterocycles. The fourth-order valence-electron chi connectivity index (χ4n) is 4.98. The van der Waals surface area contributed by atoms with Crippen LogP contribution in [0.3, 0.4) is 0 Å². The van der Waals surface area contributed by atoms with E-state index < -0.39 is 0 Å². The third kappa shape index (κ3) is 6.12. The lowest BCUT2D eigenvalue weighted by Crippen LogP contribution is -2.25. The number of halogens is 2. The van der Waals surface area contributed by atoms with Crippen LogP contribution in [-0.4, -0.2) is 46.1 Å². The molecule has 5 rings (SSSR count). The number of aromatic nitrogens is 4. The van der Waals surface area contributed by atoms with Crippen LogP contribution in [-0.2, 0) is 17.8 Å². The summed E-state index contributed by atoms with van der Waals surface area (Å²) in [5.74, 6) is 0.930. The Bertz CT molecular complexity index is 1580. The molecular weight excluding hydrogens is 563 g/mol. The van der Waals surface area contributed by atoms with Crippen molar-refractivity contribution in [3.05, 3.63) is 70.2 Å². The number of amides is 1. The summed E-state index contributed by atoms with van der Waals surface area (Å²) in [6.45, 7) is 0.210. The molecule has 0 bridgehead atoms. The minimum atomic E-state index is 0.124. The van der Waals surface area contributed by atoms with Crippen molar-refractivity contribution in [2.75, 3.05) is 14.2 Å². The number of methoxy groups -OCH3 is 2. The van der Waals surface area contributed by atoms with Gasteiger partial charge in [-0.05, 0) is 25.7 Å². The quantitative estimate of drug-likeness (QED) is 0.242. The van der Waals surface area contributed by atoms with Gasteiger partial charge < -0.3 is 20.5 Å². The first-order valence-electron chi connectivity index (χ1n) is 13.3. The van der Waals surface area contributed by atoms with Crippen LogP contribution in [0, 0.1) is 0 Å². The number of ether oxygens (including phenoxy) is 2. The van der Waals surface area contributed by atoms with Gasteiger partial charge in [-0.25, -0.2) is 9.97 Å². The number of carbonyl (C=O) groups excluding carboxylic acids is 1. The second kappa shape index (κ2) is 12.8. The lowest BCUT2D eigenvalue weighted by molar-refractivity contribution is -0.119. The van der Waals surface area contributed by atoms with E-state index in [0.717, 1.165) is 36.1 Å². The van der Waals surface area contributed by atoms with E-state index in [1.54, 1.807) is 19.5 Å². The number of benzene rings is 2. The maximum atomic E-state index is 11.5. The van der Waals surface area contributed by atoms with Crippen LogP contribution in [0.1, 0.15) is 37.1 Å². The Morgan fingerprint density at radius 1 is 0.878 bits per heavy atom. The third-order valence-electron chi connectivity index (χ3n) is 7.09. The number of rotatable bonds is 10. The van der Waals surface area contributed by atoms with Gasteiger partial charge in [0.1, 0.15) is 11.4 Å². The zero-order chi connectivity index (χ0) is 28.9. The molecule has 4 aromatic rings. The summed E-state index contributed by atoms with van der Waals surface area (Å²) in [4.78, 5) is 29.8. The number of hydrogen-bond donors (Lipinski definition) is 2. The zero-order valence-electron chi connectivity index (χ0n) is 22.8. The van der Waals surface area contributed by atoms with Gasteiger partial charge in [-0.2, -0.15) is 0 Å². The molecule has 0 saturated carbocycles. The lowest BCUT2D eigenvalue weighted by atomic mass is 9.98. The molecule has 1 fully saturated rings. The Kier molecular flexibility index (Phi) is 8.97. The van der Waals surface area contributed by atoms with Crippen LogP contribution in [0.4, 0.5) is 0 Å². The summed E-state index contributed by atoms with van der Waals surface area (Å²) >= 11 is 13.9. The van der Waals surface area contributed by atoms with Crippen molar-refractivity contribution < 1.29 is 14.3 Å². The Labute approximate surface area is 248 Å². The van der Waals surface area contributed by atoms with Gasteiger partial charge in [-0.15, -0.1) is 0 Å². The second-order valence-corrected chi connectivity index (χ2v) is 10.4. The predicted molar refractivity (Wildman–Crippen MR) is 159 cm³/mol. The maximum absolute atomic E-state index is 11.5. The van der Waals surface area contributed by atoms with Crippen LogP contribution < -0.4 is 20.5 Å². The Balaban J connectivity index is 1.43. The van der Waals surface area contributed by atoms with Gasteiger partial charge in [-0.1, -0.05) is 59.6 Å². The van der Waals surface area contributed by atoms with Crippen molar-refractivity contribution in [1.82, 2.24) is 25.3 Å². The van der Waals surface area contributed by atoms with E-state index in [2.05, 4.69) is 20.3 Å². The summed E-state index contributed by atoms with van der Waals surface area (Å²) in [7, 11) is 3.10. The molecule has 2 aromatic heterocycles. The fourth-order valence-corrected chi connectivity index (χ4v) is 5.63. The predicted octanol–water partition coefficient (Wildman–Crippen LogP) is 5.65. The van der Waals surface area contributed by atoms with Crippen LogP contribution in [0.25, 0.3) is 33.6 Å². The van der Waals surface area contributed by atoms with Gasteiger partial charge in [0.05, 0.1) is 48.0 Å². The average molecular weight is 594 g/mol. The van der Waals surface area contributed by atoms with Crippen molar-refractivity contribution in [2.24, 2.45) is 5.73 Å². The molecule has 3 heterocycles. The summed E-state index contributed by atoms with van der Waals surface area (Å²) in [5.41, 5.74) is 11.1. The standard InChI is InChI=1S/C30H30Cl2N6O3/c1-40-29-22(11-3-6-17-12-13-26(39)36-17)34-15-24(37-29)20-9-4-7-18(27(20)31)19-8-5-10-21(28(19)32)25-16-35-23(14-33)30(38-25)41-2/h4-5,7-10,15-17H,3,6,11-14,33H2,1-2H3,(H,36,39)/t17-/m1/s1.